The van der Waals surface area contributed by atoms with Gasteiger partial charge in [0.1, 0.15) is 6.54 Å². The number of hydrazine groups is 2. The molecule has 5 nitrogen and oxygen atoms in total. The molecule has 2 rings (SSSR count). The van der Waals surface area contributed by atoms with Crippen molar-refractivity contribution in [3.8, 4) is 0 Å². The first-order valence-electron chi connectivity index (χ1n) is 4.75. The van der Waals surface area contributed by atoms with Gasteiger partial charge in [-0.25, -0.2) is 0 Å². The Morgan fingerprint density at radius 1 is 1.21 bits per heavy atom. The highest BCUT2D eigenvalue weighted by molar-refractivity contribution is 5.90. The maximum absolute atomic E-state index is 11.6. The lowest BCUT2D eigenvalue weighted by atomic mass is 9.79. The van der Waals surface area contributed by atoms with Crippen molar-refractivity contribution in [2.24, 2.45) is 0 Å². The van der Waals surface area contributed by atoms with Gasteiger partial charge in [0, 0.05) is 0 Å². The van der Waals surface area contributed by atoms with Crippen LogP contribution in [0.15, 0.2) is 0 Å². The standard InChI is InChI=1S/C8H14N3O2.ClH/c12-7-6-9-11(13)10-8(7)4-2-1-3-5-8;/h1-6H2,(H2,9,10,13);1H/q+1;. The Morgan fingerprint density at radius 3 is 2.50 bits per heavy atom. The summed E-state index contributed by atoms with van der Waals surface area (Å²) in [5, 5.41) is 0. The molecular weight excluding hydrogens is 206 g/mol. The molecule has 80 valence electrons. The minimum Gasteiger partial charge on any atom is -0.295 e. The zero-order chi connectivity index (χ0) is 9.31. The van der Waals surface area contributed by atoms with Crippen molar-refractivity contribution in [1.82, 2.24) is 10.9 Å². The Balaban J connectivity index is 0.000000980. The van der Waals surface area contributed by atoms with Crippen LogP contribution >= 0.6 is 12.4 Å². The summed E-state index contributed by atoms with van der Waals surface area (Å²) in [4.78, 5) is 23.2. The Bertz CT molecular complexity index is 251. The molecule has 0 aromatic carbocycles. The van der Waals surface area contributed by atoms with Crippen LogP contribution in [-0.4, -0.2) is 22.8 Å². The van der Waals surface area contributed by atoms with E-state index < -0.39 is 5.54 Å². The summed E-state index contributed by atoms with van der Waals surface area (Å²) in [6, 6.07) is 0. The van der Waals surface area contributed by atoms with E-state index in [0.717, 1.165) is 25.7 Å². The van der Waals surface area contributed by atoms with Crippen LogP contribution in [0, 0.1) is 4.91 Å². The van der Waals surface area contributed by atoms with E-state index in [9.17, 15) is 9.70 Å². The molecule has 0 amide bonds. The fourth-order valence-electron chi connectivity index (χ4n) is 2.16. The number of rotatable bonds is 0. The van der Waals surface area contributed by atoms with Crippen LogP contribution in [0.2, 0.25) is 0 Å². The van der Waals surface area contributed by atoms with Crippen LogP contribution in [0.1, 0.15) is 32.1 Å². The number of nitrogens with zero attached hydrogens (tertiary/aromatic N) is 1. The van der Waals surface area contributed by atoms with Gasteiger partial charge in [0.15, 0.2) is 11.3 Å². The first-order valence-corrected chi connectivity index (χ1v) is 4.75. The van der Waals surface area contributed by atoms with Gasteiger partial charge in [0.05, 0.1) is 4.91 Å². The summed E-state index contributed by atoms with van der Waals surface area (Å²) < 4.78 is 0. The van der Waals surface area contributed by atoms with Gasteiger partial charge in [-0.05, 0) is 12.8 Å². The third-order valence-corrected chi connectivity index (χ3v) is 2.94. The third kappa shape index (κ3) is 1.82. The van der Waals surface area contributed by atoms with E-state index in [1.54, 1.807) is 0 Å². The minimum atomic E-state index is -0.550. The number of Topliss-reactive ketones (excluding diaryl/α,β-unsaturated/α-hetero) is 1. The van der Waals surface area contributed by atoms with Crippen LogP contribution in [0.3, 0.4) is 0 Å². The first kappa shape index (κ1) is 11.2. The number of ketones is 1. The first-order chi connectivity index (χ1) is 6.23. The molecule has 0 aromatic heterocycles. The number of nitroso groups, excluding NO2 is 1. The molecular formula is C8H15ClN3O2+. The minimum absolute atomic E-state index is 0. The van der Waals surface area contributed by atoms with Crippen LogP contribution in [-0.2, 0) is 4.79 Å². The summed E-state index contributed by atoms with van der Waals surface area (Å²) in [6.45, 7) is 0.163. The number of halogens is 1. The lowest BCUT2D eigenvalue weighted by molar-refractivity contribution is -0.674. The Kier molecular flexibility index (Phi) is 3.31. The lowest BCUT2D eigenvalue weighted by Gasteiger charge is -2.33. The predicted octanol–water partition coefficient (Wildman–Crippen LogP) is 0.482. The summed E-state index contributed by atoms with van der Waals surface area (Å²) in [5.74, 6) is 0.124. The second-order valence-electron chi connectivity index (χ2n) is 3.81. The molecule has 1 aliphatic heterocycles. The van der Waals surface area contributed by atoms with Gasteiger partial charge in [0.25, 0.3) is 0 Å². The van der Waals surface area contributed by atoms with Gasteiger partial charge < -0.3 is 0 Å². The molecule has 1 aliphatic carbocycles. The quantitative estimate of drug-likeness (QED) is 0.583. The second kappa shape index (κ2) is 4.13. The van der Waals surface area contributed by atoms with Crippen molar-refractivity contribution >= 4 is 18.2 Å². The smallest absolute Gasteiger partial charge is 0.247 e. The average molecular weight is 221 g/mol. The van der Waals surface area contributed by atoms with E-state index in [1.165, 1.54) is 6.42 Å². The fourth-order valence-corrected chi connectivity index (χ4v) is 2.16. The number of hydrogen-bond acceptors (Lipinski definition) is 2. The van der Waals surface area contributed by atoms with E-state index in [4.69, 9.17) is 0 Å². The molecule has 1 heterocycles. The van der Waals surface area contributed by atoms with Gasteiger partial charge in [-0.2, -0.15) is 0 Å². The van der Waals surface area contributed by atoms with Crippen LogP contribution < -0.4 is 10.9 Å². The molecule has 1 spiro atoms. The predicted molar refractivity (Wildman–Crippen MR) is 52.8 cm³/mol. The number of carbonyl (C=O) groups excluding carboxylic acids is 1. The molecule has 0 unspecified atom stereocenters. The maximum Gasteiger partial charge on any atom is 0.247 e. The van der Waals surface area contributed by atoms with Gasteiger partial charge in [0.2, 0.25) is 4.98 Å². The monoisotopic (exact) mass is 220 g/mol. The number of hydrogen-bond donors (Lipinski definition) is 2. The number of carbonyl (C=O) groups is 1. The van der Waals surface area contributed by atoms with Crippen molar-refractivity contribution in [3.05, 3.63) is 4.91 Å². The molecule has 1 saturated carbocycles. The van der Waals surface area contributed by atoms with Crippen LogP contribution in [0.4, 0.5) is 0 Å². The lowest BCUT2D eigenvalue weighted by Crippen LogP contribution is -2.66. The molecule has 0 aromatic rings. The zero-order valence-electron chi connectivity index (χ0n) is 7.91. The topological polar surface area (TPSA) is 61.2 Å². The SMILES string of the molecule is Cl.O=C1CN[N+](=O)NC12CCCCC2. The van der Waals surface area contributed by atoms with Crippen LogP contribution in [0.25, 0.3) is 0 Å². The van der Waals surface area contributed by atoms with Crippen molar-refractivity contribution < 1.29 is 9.77 Å². The molecule has 14 heavy (non-hydrogen) atoms. The van der Waals surface area contributed by atoms with Gasteiger partial charge in [-0.3, -0.25) is 4.79 Å². The molecule has 2 N–H and O–H groups in total. The second-order valence-corrected chi connectivity index (χ2v) is 3.81. The molecule has 1 saturated heterocycles. The largest absolute Gasteiger partial charge is 0.295 e. The van der Waals surface area contributed by atoms with Crippen molar-refractivity contribution in [2.45, 2.75) is 37.6 Å². The van der Waals surface area contributed by atoms with Crippen molar-refractivity contribution in [1.29, 1.82) is 0 Å². The summed E-state index contributed by atoms with van der Waals surface area (Å²) >= 11 is 0. The van der Waals surface area contributed by atoms with E-state index in [1.807, 2.05) is 0 Å². The fraction of sp³-hybridized carbons (Fsp3) is 0.875. The summed E-state index contributed by atoms with van der Waals surface area (Å²) in [6.07, 6.45) is 4.83. The van der Waals surface area contributed by atoms with E-state index >= 15 is 0 Å². The van der Waals surface area contributed by atoms with E-state index in [-0.39, 0.29) is 24.7 Å². The molecule has 0 atom stereocenters. The highest BCUT2D eigenvalue weighted by Gasteiger charge is 2.47. The average Bonchev–Trinajstić information content (AvgIpc) is 2.14. The summed E-state index contributed by atoms with van der Waals surface area (Å²) in [5.41, 5.74) is 4.57. The Labute approximate surface area is 88.5 Å². The van der Waals surface area contributed by atoms with E-state index in [2.05, 4.69) is 10.9 Å². The molecule has 2 fully saturated rings. The maximum atomic E-state index is 11.6. The normalized spacial score (nSPS) is 24.9. The molecule has 6 heteroatoms. The Hall–Kier alpha value is -0.840. The zero-order valence-corrected chi connectivity index (χ0v) is 8.73. The van der Waals surface area contributed by atoms with Gasteiger partial charge in [-0.15, -0.1) is 23.3 Å². The van der Waals surface area contributed by atoms with Gasteiger partial charge >= 0.3 is 0 Å². The molecule has 0 bridgehead atoms. The third-order valence-electron chi connectivity index (χ3n) is 2.94. The number of nitrogens with one attached hydrogen (secondary N) is 2. The van der Waals surface area contributed by atoms with Crippen molar-refractivity contribution in [2.75, 3.05) is 6.54 Å². The van der Waals surface area contributed by atoms with E-state index in [0.29, 0.717) is 4.98 Å². The molecule has 0 radical (unpaired) electrons. The summed E-state index contributed by atoms with van der Waals surface area (Å²) in [7, 11) is 0. The highest BCUT2D eigenvalue weighted by Crippen LogP contribution is 2.29. The Morgan fingerprint density at radius 2 is 1.86 bits per heavy atom. The van der Waals surface area contributed by atoms with Crippen molar-refractivity contribution in [3.63, 3.8) is 0 Å². The van der Waals surface area contributed by atoms with Gasteiger partial charge in [-0.1, -0.05) is 19.3 Å². The molecule has 2 aliphatic rings. The highest BCUT2D eigenvalue weighted by atomic mass is 35.5. The van der Waals surface area contributed by atoms with Crippen LogP contribution in [0.5, 0.6) is 0 Å².